The third kappa shape index (κ3) is 5.58. The predicted octanol–water partition coefficient (Wildman–Crippen LogP) is 4.93. The summed E-state index contributed by atoms with van der Waals surface area (Å²) >= 11 is 12.3. The van der Waals surface area contributed by atoms with Crippen LogP contribution in [0, 0.1) is 0 Å². The number of ketones is 1. The fourth-order valence-electron chi connectivity index (χ4n) is 3.72. The second-order valence-corrected chi connectivity index (χ2v) is 8.76. The summed E-state index contributed by atoms with van der Waals surface area (Å²) in [5.41, 5.74) is 1.02. The maximum absolute atomic E-state index is 13.1. The van der Waals surface area contributed by atoms with E-state index in [9.17, 15) is 14.7 Å². The highest BCUT2D eigenvalue weighted by molar-refractivity contribution is 6.46. The Kier molecular flexibility index (Phi) is 8.19. The van der Waals surface area contributed by atoms with Gasteiger partial charge in [-0.2, -0.15) is 0 Å². The van der Waals surface area contributed by atoms with Crippen LogP contribution in [0.4, 0.5) is 0 Å². The molecule has 2 aromatic rings. The Morgan fingerprint density at radius 3 is 2.45 bits per heavy atom. The van der Waals surface area contributed by atoms with E-state index in [4.69, 9.17) is 27.9 Å². The standard InChI is InChI=1S/C25H26Cl2N2O4/c1-4-14-33-18-9-6-16(7-10-18)23(30)21-22(17-8-11-19(26)20(27)15-17)29(25(32)24(21)31)13-5-12-28(2)3/h4,6-11,15,22,30H,1,5,12-14H2,2-3H3/b23-21+/t22-/m0/s1. The molecule has 1 saturated heterocycles. The second-order valence-electron chi connectivity index (χ2n) is 7.95. The quantitative estimate of drug-likeness (QED) is 0.234. The maximum atomic E-state index is 13.1. The van der Waals surface area contributed by atoms with Gasteiger partial charge < -0.3 is 19.6 Å². The summed E-state index contributed by atoms with van der Waals surface area (Å²) < 4.78 is 5.47. The molecule has 6 nitrogen and oxygen atoms in total. The number of hydrogen-bond acceptors (Lipinski definition) is 5. The lowest BCUT2D eigenvalue weighted by Crippen LogP contribution is -2.32. The molecule has 1 heterocycles. The first kappa shape index (κ1) is 24.8. The molecule has 8 heteroatoms. The lowest BCUT2D eigenvalue weighted by Gasteiger charge is -2.26. The van der Waals surface area contributed by atoms with E-state index in [1.807, 2.05) is 19.0 Å². The predicted molar refractivity (Wildman–Crippen MR) is 131 cm³/mol. The van der Waals surface area contributed by atoms with Gasteiger partial charge in [-0.3, -0.25) is 9.59 Å². The summed E-state index contributed by atoms with van der Waals surface area (Å²) in [6.07, 6.45) is 2.29. The fraction of sp³-hybridized carbons (Fsp3) is 0.280. The van der Waals surface area contributed by atoms with Crippen molar-refractivity contribution >= 4 is 40.7 Å². The van der Waals surface area contributed by atoms with Crippen molar-refractivity contribution in [2.45, 2.75) is 12.5 Å². The van der Waals surface area contributed by atoms with Crippen LogP contribution in [0.2, 0.25) is 10.0 Å². The topological polar surface area (TPSA) is 70.1 Å². The molecule has 0 unspecified atom stereocenters. The van der Waals surface area contributed by atoms with Crippen LogP contribution >= 0.6 is 23.2 Å². The minimum atomic E-state index is -0.779. The Morgan fingerprint density at radius 1 is 1.15 bits per heavy atom. The van der Waals surface area contributed by atoms with Gasteiger partial charge >= 0.3 is 0 Å². The van der Waals surface area contributed by atoms with Gasteiger partial charge in [-0.05, 0) is 69.0 Å². The average molecular weight is 489 g/mol. The first-order chi connectivity index (χ1) is 15.7. The number of carbonyl (C=O) groups excluding carboxylic acids is 2. The molecule has 1 aliphatic heterocycles. The molecule has 0 spiro atoms. The van der Waals surface area contributed by atoms with Gasteiger partial charge in [-0.1, -0.05) is 41.9 Å². The molecular formula is C25H26Cl2N2O4. The normalized spacial score (nSPS) is 17.6. The zero-order valence-electron chi connectivity index (χ0n) is 18.6. The van der Waals surface area contributed by atoms with Crippen molar-refractivity contribution in [3.63, 3.8) is 0 Å². The van der Waals surface area contributed by atoms with Crippen molar-refractivity contribution in [2.24, 2.45) is 0 Å². The summed E-state index contributed by atoms with van der Waals surface area (Å²) in [5, 5.41) is 11.8. The van der Waals surface area contributed by atoms with Crippen molar-refractivity contribution < 1.29 is 19.4 Å². The maximum Gasteiger partial charge on any atom is 0.295 e. The van der Waals surface area contributed by atoms with Crippen LogP contribution in [0.3, 0.4) is 0 Å². The molecule has 0 saturated carbocycles. The largest absolute Gasteiger partial charge is 0.507 e. The van der Waals surface area contributed by atoms with Crippen LogP contribution in [0.25, 0.3) is 5.76 Å². The monoisotopic (exact) mass is 488 g/mol. The summed E-state index contributed by atoms with van der Waals surface area (Å²) in [4.78, 5) is 29.5. The first-order valence-electron chi connectivity index (χ1n) is 10.5. The molecule has 0 bridgehead atoms. The zero-order chi connectivity index (χ0) is 24.1. The summed E-state index contributed by atoms with van der Waals surface area (Å²) in [6.45, 7) is 5.04. The van der Waals surface area contributed by atoms with Crippen LogP contribution in [0.15, 0.2) is 60.7 Å². The average Bonchev–Trinajstić information content (AvgIpc) is 3.04. The van der Waals surface area contributed by atoms with Crippen molar-refractivity contribution in [1.29, 1.82) is 0 Å². The minimum Gasteiger partial charge on any atom is -0.507 e. The number of aliphatic hydroxyl groups is 1. The highest BCUT2D eigenvalue weighted by Gasteiger charge is 2.45. The van der Waals surface area contributed by atoms with Crippen molar-refractivity contribution in [3.8, 4) is 5.75 Å². The highest BCUT2D eigenvalue weighted by atomic mass is 35.5. The summed E-state index contributed by atoms with van der Waals surface area (Å²) in [5.74, 6) is -1.05. The van der Waals surface area contributed by atoms with Gasteiger partial charge in [0.05, 0.1) is 21.7 Å². The van der Waals surface area contributed by atoms with E-state index in [0.29, 0.717) is 46.5 Å². The van der Waals surface area contributed by atoms with Crippen LogP contribution in [0.1, 0.15) is 23.6 Å². The molecule has 33 heavy (non-hydrogen) atoms. The van der Waals surface area contributed by atoms with Gasteiger partial charge in [0, 0.05) is 12.1 Å². The highest BCUT2D eigenvalue weighted by Crippen LogP contribution is 2.41. The number of halogens is 2. The molecule has 1 amide bonds. The van der Waals surface area contributed by atoms with Crippen LogP contribution in [-0.4, -0.2) is 60.4 Å². The Bertz CT molecular complexity index is 1080. The molecule has 1 N–H and O–H groups in total. The number of benzene rings is 2. The van der Waals surface area contributed by atoms with Crippen molar-refractivity contribution in [3.05, 3.63) is 81.9 Å². The number of Topliss-reactive ketones (excluding diaryl/α,β-unsaturated/α-hetero) is 1. The van der Waals surface area contributed by atoms with E-state index in [-0.39, 0.29) is 11.3 Å². The molecule has 3 rings (SSSR count). The van der Waals surface area contributed by atoms with E-state index < -0.39 is 17.7 Å². The summed E-state index contributed by atoms with van der Waals surface area (Å²) in [6, 6.07) is 10.8. The molecular weight excluding hydrogens is 463 g/mol. The Hall–Kier alpha value is -2.80. The molecule has 174 valence electrons. The lowest BCUT2D eigenvalue weighted by molar-refractivity contribution is -0.139. The van der Waals surface area contributed by atoms with Gasteiger partial charge in [0.25, 0.3) is 11.7 Å². The van der Waals surface area contributed by atoms with Gasteiger partial charge in [0.2, 0.25) is 0 Å². The van der Waals surface area contributed by atoms with Gasteiger partial charge in [-0.15, -0.1) is 0 Å². The SMILES string of the molecule is C=CCOc1ccc(/C(O)=C2\C(=O)C(=O)N(CCCN(C)C)[C@H]2c2ccc(Cl)c(Cl)c2)cc1. The van der Waals surface area contributed by atoms with Crippen molar-refractivity contribution in [1.82, 2.24) is 9.80 Å². The number of aliphatic hydroxyl groups excluding tert-OH is 1. The third-order valence-electron chi connectivity index (χ3n) is 5.30. The zero-order valence-corrected chi connectivity index (χ0v) is 20.1. The molecule has 2 aromatic carbocycles. The number of amides is 1. The van der Waals surface area contributed by atoms with E-state index >= 15 is 0 Å². The molecule has 0 aromatic heterocycles. The lowest BCUT2D eigenvalue weighted by atomic mass is 9.95. The van der Waals surface area contributed by atoms with Crippen molar-refractivity contribution in [2.75, 3.05) is 33.8 Å². The summed E-state index contributed by atoms with van der Waals surface area (Å²) in [7, 11) is 3.87. The van der Waals surface area contributed by atoms with Crippen LogP contribution in [-0.2, 0) is 9.59 Å². The van der Waals surface area contributed by atoms with E-state index in [1.54, 1.807) is 48.5 Å². The smallest absolute Gasteiger partial charge is 0.295 e. The number of nitrogens with zero attached hydrogens (tertiary/aromatic N) is 2. The van der Waals surface area contributed by atoms with Crippen LogP contribution < -0.4 is 4.74 Å². The Morgan fingerprint density at radius 2 is 1.85 bits per heavy atom. The molecule has 1 aliphatic rings. The van der Waals surface area contributed by atoms with Gasteiger partial charge in [-0.25, -0.2) is 0 Å². The van der Waals surface area contributed by atoms with E-state index in [2.05, 4.69) is 6.58 Å². The van der Waals surface area contributed by atoms with Gasteiger partial charge in [0.15, 0.2) is 0 Å². The molecule has 1 atom stereocenters. The third-order valence-corrected chi connectivity index (χ3v) is 6.04. The van der Waals surface area contributed by atoms with E-state index in [1.165, 1.54) is 4.90 Å². The van der Waals surface area contributed by atoms with E-state index in [0.717, 1.165) is 6.54 Å². The Labute approximate surface area is 203 Å². The van der Waals surface area contributed by atoms with Gasteiger partial charge in [0.1, 0.15) is 18.1 Å². The molecule has 1 fully saturated rings. The van der Waals surface area contributed by atoms with Crippen LogP contribution in [0.5, 0.6) is 5.75 Å². The number of rotatable bonds is 9. The number of likely N-dealkylation sites (tertiary alicyclic amines) is 1. The minimum absolute atomic E-state index is 0.0167. The molecule has 0 aliphatic carbocycles. The second kappa shape index (κ2) is 10.9. The fourth-order valence-corrected chi connectivity index (χ4v) is 4.02. The number of ether oxygens (including phenoxy) is 1. The number of carbonyl (C=O) groups is 2. The molecule has 0 radical (unpaired) electrons. The first-order valence-corrected chi connectivity index (χ1v) is 11.2. The Balaban J connectivity index is 2.05. The number of hydrogen-bond donors (Lipinski definition) is 1.